The second-order valence-electron chi connectivity index (χ2n) is 5.37. The maximum atomic E-state index is 10.3. The first-order valence-electron chi connectivity index (χ1n) is 7.33. The lowest BCUT2D eigenvalue weighted by molar-refractivity contribution is 0.377. The van der Waals surface area contributed by atoms with E-state index in [4.69, 9.17) is 4.74 Å². The van der Waals surface area contributed by atoms with Crippen molar-refractivity contribution >= 4 is 21.5 Å². The van der Waals surface area contributed by atoms with Crippen molar-refractivity contribution in [2.24, 2.45) is 0 Å². The zero-order valence-electron chi connectivity index (χ0n) is 12.2. The Kier molecular flexibility index (Phi) is 3.05. The number of aromatic hydroxyl groups is 2. The van der Waals surface area contributed by atoms with Gasteiger partial charge in [-0.2, -0.15) is 0 Å². The molecule has 3 nitrogen and oxygen atoms in total. The van der Waals surface area contributed by atoms with Gasteiger partial charge in [-0.1, -0.05) is 60.7 Å². The molecule has 0 saturated carbocycles. The first-order valence-corrected chi connectivity index (χ1v) is 7.33. The Morgan fingerprint density at radius 2 is 1.30 bits per heavy atom. The molecule has 4 rings (SSSR count). The molecule has 0 spiro atoms. The van der Waals surface area contributed by atoms with Gasteiger partial charge in [0.1, 0.15) is 5.75 Å². The Balaban J connectivity index is 1.94. The third kappa shape index (κ3) is 2.23. The average molecular weight is 302 g/mol. The van der Waals surface area contributed by atoms with Crippen molar-refractivity contribution < 1.29 is 14.9 Å². The van der Waals surface area contributed by atoms with Crippen molar-refractivity contribution in [2.75, 3.05) is 0 Å². The summed E-state index contributed by atoms with van der Waals surface area (Å²) < 4.78 is 6.01. The molecule has 4 aromatic carbocycles. The van der Waals surface area contributed by atoms with Crippen molar-refractivity contribution in [3.05, 3.63) is 72.8 Å². The highest BCUT2D eigenvalue weighted by Gasteiger charge is 2.15. The van der Waals surface area contributed by atoms with E-state index in [-0.39, 0.29) is 17.2 Å². The van der Waals surface area contributed by atoms with Crippen LogP contribution in [-0.2, 0) is 0 Å². The Morgan fingerprint density at radius 1 is 0.652 bits per heavy atom. The number of rotatable bonds is 2. The summed E-state index contributed by atoms with van der Waals surface area (Å²) in [5.41, 5.74) is 0. The van der Waals surface area contributed by atoms with E-state index in [2.05, 4.69) is 0 Å². The Labute approximate surface area is 133 Å². The molecule has 3 heteroatoms. The number of hydrogen-bond donors (Lipinski definition) is 2. The molecule has 0 saturated heterocycles. The van der Waals surface area contributed by atoms with Gasteiger partial charge in [0.2, 0.25) is 5.75 Å². The number of ether oxygens (including phenoxy) is 1. The lowest BCUT2D eigenvalue weighted by Crippen LogP contribution is -1.89. The molecule has 0 amide bonds. The second-order valence-corrected chi connectivity index (χ2v) is 5.37. The van der Waals surface area contributed by atoms with Crippen molar-refractivity contribution in [3.63, 3.8) is 0 Å². The summed E-state index contributed by atoms with van der Waals surface area (Å²) >= 11 is 0. The molecule has 0 bridgehead atoms. The number of hydrogen-bond acceptors (Lipinski definition) is 3. The number of fused-ring (bicyclic) bond motifs is 2. The number of phenolic OH excluding ortho intramolecular Hbond substituents is 2. The minimum atomic E-state index is -0.253. The Hall–Kier alpha value is -3.20. The molecule has 0 aliphatic rings. The highest BCUT2D eigenvalue weighted by Crippen LogP contribution is 2.44. The van der Waals surface area contributed by atoms with Crippen LogP contribution in [0.3, 0.4) is 0 Å². The predicted octanol–water partition coefficient (Wildman–Crippen LogP) is 5.20. The molecule has 0 heterocycles. The van der Waals surface area contributed by atoms with Crippen LogP contribution >= 0.6 is 0 Å². The molecular formula is C20H14O3. The van der Waals surface area contributed by atoms with Crippen LogP contribution in [-0.4, -0.2) is 10.2 Å². The topological polar surface area (TPSA) is 49.7 Å². The molecule has 0 aliphatic heterocycles. The summed E-state index contributed by atoms with van der Waals surface area (Å²) in [4.78, 5) is 0. The van der Waals surface area contributed by atoms with Crippen molar-refractivity contribution in [3.8, 4) is 23.0 Å². The Morgan fingerprint density at radius 3 is 2.13 bits per heavy atom. The quantitative estimate of drug-likeness (QED) is 0.501. The zero-order valence-corrected chi connectivity index (χ0v) is 12.2. The lowest BCUT2D eigenvalue weighted by Gasteiger charge is -2.13. The Bertz CT molecular complexity index is 1020. The largest absolute Gasteiger partial charge is 0.504 e. The van der Waals surface area contributed by atoms with E-state index in [1.165, 1.54) is 6.07 Å². The number of benzene rings is 4. The fraction of sp³-hybridized carbons (Fsp3) is 0. The summed E-state index contributed by atoms with van der Waals surface area (Å²) in [6, 6.07) is 22.6. The minimum Gasteiger partial charge on any atom is -0.504 e. The van der Waals surface area contributed by atoms with Crippen LogP contribution in [0.1, 0.15) is 0 Å². The van der Waals surface area contributed by atoms with E-state index in [1.54, 1.807) is 0 Å². The second kappa shape index (κ2) is 5.21. The molecule has 112 valence electrons. The first-order chi connectivity index (χ1) is 11.2. The SMILES string of the molecule is Oc1cc2ccccc2c(Oc2cccc3ccccc23)c1O. The summed E-state index contributed by atoms with van der Waals surface area (Å²) in [7, 11) is 0. The van der Waals surface area contributed by atoms with E-state index < -0.39 is 0 Å². The third-order valence-corrected chi connectivity index (χ3v) is 3.92. The van der Waals surface area contributed by atoms with Gasteiger partial charge < -0.3 is 14.9 Å². The molecule has 23 heavy (non-hydrogen) atoms. The summed E-state index contributed by atoms with van der Waals surface area (Å²) in [5, 5.41) is 23.8. The molecule has 0 unspecified atom stereocenters. The molecule has 0 fully saturated rings. The molecule has 4 aromatic rings. The van der Waals surface area contributed by atoms with Crippen LogP contribution in [0.15, 0.2) is 72.8 Å². The van der Waals surface area contributed by atoms with Gasteiger partial charge in [-0.15, -0.1) is 0 Å². The summed E-state index contributed by atoms with van der Waals surface area (Å²) in [5.74, 6) is 0.446. The van der Waals surface area contributed by atoms with Crippen LogP contribution in [0.4, 0.5) is 0 Å². The predicted molar refractivity (Wildman–Crippen MR) is 91.3 cm³/mol. The maximum absolute atomic E-state index is 10.3. The van der Waals surface area contributed by atoms with Crippen LogP contribution in [0, 0.1) is 0 Å². The van der Waals surface area contributed by atoms with Gasteiger partial charge in [0, 0.05) is 10.8 Å². The van der Waals surface area contributed by atoms with Crippen molar-refractivity contribution in [1.82, 2.24) is 0 Å². The van der Waals surface area contributed by atoms with Crippen LogP contribution in [0.5, 0.6) is 23.0 Å². The normalized spacial score (nSPS) is 11.0. The molecule has 2 N–H and O–H groups in total. The highest BCUT2D eigenvalue weighted by atomic mass is 16.5. The minimum absolute atomic E-state index is 0.195. The van der Waals surface area contributed by atoms with E-state index in [1.807, 2.05) is 66.7 Å². The van der Waals surface area contributed by atoms with Crippen LogP contribution < -0.4 is 4.74 Å². The summed E-state index contributed by atoms with van der Waals surface area (Å²) in [6.07, 6.45) is 0. The van der Waals surface area contributed by atoms with E-state index >= 15 is 0 Å². The van der Waals surface area contributed by atoms with Gasteiger partial charge in [0.15, 0.2) is 11.5 Å². The van der Waals surface area contributed by atoms with Gasteiger partial charge in [-0.25, -0.2) is 0 Å². The molecule has 0 aromatic heterocycles. The first kappa shape index (κ1) is 13.5. The van der Waals surface area contributed by atoms with E-state index in [9.17, 15) is 10.2 Å². The van der Waals surface area contributed by atoms with Crippen LogP contribution in [0.2, 0.25) is 0 Å². The highest BCUT2D eigenvalue weighted by molar-refractivity contribution is 5.94. The third-order valence-electron chi connectivity index (χ3n) is 3.92. The smallest absolute Gasteiger partial charge is 0.201 e. The summed E-state index contributed by atoms with van der Waals surface area (Å²) in [6.45, 7) is 0. The number of phenols is 2. The standard InChI is InChI=1S/C20H14O3/c21-17-12-14-7-2-4-10-16(14)20(19(17)22)23-18-11-5-8-13-6-1-3-9-15(13)18/h1-12,21-22H. The van der Waals surface area contributed by atoms with Gasteiger partial charge in [-0.3, -0.25) is 0 Å². The van der Waals surface area contributed by atoms with E-state index in [0.717, 1.165) is 21.5 Å². The van der Waals surface area contributed by atoms with E-state index in [0.29, 0.717) is 5.75 Å². The molecule has 0 aliphatic carbocycles. The average Bonchev–Trinajstić information content (AvgIpc) is 2.59. The van der Waals surface area contributed by atoms with Crippen molar-refractivity contribution in [2.45, 2.75) is 0 Å². The van der Waals surface area contributed by atoms with Crippen LogP contribution in [0.25, 0.3) is 21.5 Å². The van der Waals surface area contributed by atoms with Crippen molar-refractivity contribution in [1.29, 1.82) is 0 Å². The van der Waals surface area contributed by atoms with Gasteiger partial charge in [-0.05, 0) is 22.9 Å². The maximum Gasteiger partial charge on any atom is 0.201 e. The monoisotopic (exact) mass is 302 g/mol. The molecular weight excluding hydrogens is 288 g/mol. The molecule has 0 radical (unpaired) electrons. The lowest BCUT2D eigenvalue weighted by atomic mass is 10.1. The van der Waals surface area contributed by atoms with Gasteiger partial charge >= 0.3 is 0 Å². The molecule has 0 atom stereocenters. The fourth-order valence-electron chi connectivity index (χ4n) is 2.79. The fourth-order valence-corrected chi connectivity index (χ4v) is 2.79. The zero-order chi connectivity index (χ0) is 15.8. The van der Waals surface area contributed by atoms with Gasteiger partial charge in [0.25, 0.3) is 0 Å². The van der Waals surface area contributed by atoms with Gasteiger partial charge in [0.05, 0.1) is 0 Å².